The molecule has 0 radical (unpaired) electrons. The fraction of sp³-hybridized carbons (Fsp3) is 0.222. The molecule has 2 aromatic heterocycles. The lowest BCUT2D eigenvalue weighted by molar-refractivity contribution is 0.380. The zero-order valence-corrected chi connectivity index (χ0v) is 7.79. The van der Waals surface area contributed by atoms with Crippen LogP contribution in [0.3, 0.4) is 0 Å². The number of hydrogen-bond donors (Lipinski definition) is 0. The lowest BCUT2D eigenvalue weighted by Crippen LogP contribution is -1.87. The zero-order chi connectivity index (χ0) is 10.5. The van der Waals surface area contributed by atoms with Gasteiger partial charge in [-0.3, -0.25) is 0 Å². The van der Waals surface area contributed by atoms with Gasteiger partial charge in [-0.15, -0.1) is 0 Å². The number of aromatic nitrogens is 4. The summed E-state index contributed by atoms with van der Waals surface area (Å²) in [6.07, 6.45) is 3.86. The molecular weight excluding hydrogens is 194 g/mol. The Bertz CT molecular complexity index is 473. The van der Waals surface area contributed by atoms with E-state index in [1.165, 1.54) is 6.33 Å². The Labute approximate surface area is 85.6 Å². The highest BCUT2D eigenvalue weighted by Gasteiger charge is 2.08. The molecule has 2 rings (SSSR count). The van der Waals surface area contributed by atoms with Crippen LogP contribution in [0.15, 0.2) is 23.1 Å². The van der Waals surface area contributed by atoms with Crippen LogP contribution >= 0.6 is 0 Å². The number of hydrogen-bond acceptors (Lipinski definition) is 6. The molecule has 0 N–H and O–H groups in total. The van der Waals surface area contributed by atoms with Crippen LogP contribution in [0.25, 0.3) is 11.5 Å². The Kier molecular flexibility index (Phi) is 2.65. The maximum atomic E-state index is 8.39. The second-order valence-electron chi connectivity index (χ2n) is 2.76. The third-order valence-corrected chi connectivity index (χ3v) is 1.73. The number of nitriles is 1. The van der Waals surface area contributed by atoms with Crippen LogP contribution in [0, 0.1) is 11.3 Å². The fourth-order valence-corrected chi connectivity index (χ4v) is 1.05. The SMILES string of the molecule is N#CCCc1nc(-c2ccncn2)no1. The summed E-state index contributed by atoms with van der Waals surface area (Å²) in [6, 6.07) is 3.71. The summed E-state index contributed by atoms with van der Waals surface area (Å²) in [6.45, 7) is 0. The molecular formula is C9H7N5O. The van der Waals surface area contributed by atoms with E-state index in [0.29, 0.717) is 30.3 Å². The maximum Gasteiger partial charge on any atom is 0.228 e. The van der Waals surface area contributed by atoms with Crippen LogP contribution < -0.4 is 0 Å². The van der Waals surface area contributed by atoms with E-state index in [0.717, 1.165) is 0 Å². The van der Waals surface area contributed by atoms with Crippen LogP contribution in [0.1, 0.15) is 12.3 Å². The van der Waals surface area contributed by atoms with Crippen molar-refractivity contribution in [1.29, 1.82) is 5.26 Å². The molecule has 0 spiro atoms. The average Bonchev–Trinajstić information content (AvgIpc) is 2.76. The first-order valence-electron chi connectivity index (χ1n) is 4.36. The largest absolute Gasteiger partial charge is 0.339 e. The molecule has 0 aromatic carbocycles. The first-order chi connectivity index (χ1) is 7.40. The average molecular weight is 201 g/mol. The van der Waals surface area contributed by atoms with Crippen LogP contribution in [-0.4, -0.2) is 20.1 Å². The van der Waals surface area contributed by atoms with Crippen molar-refractivity contribution in [2.24, 2.45) is 0 Å². The third kappa shape index (κ3) is 2.14. The molecule has 6 nitrogen and oxygen atoms in total. The molecule has 0 aliphatic carbocycles. The van der Waals surface area contributed by atoms with Gasteiger partial charge >= 0.3 is 0 Å². The highest BCUT2D eigenvalue weighted by Crippen LogP contribution is 2.11. The predicted octanol–water partition coefficient (Wildman–Crippen LogP) is 0.983. The summed E-state index contributed by atoms with van der Waals surface area (Å²) in [5, 5.41) is 12.1. The molecule has 74 valence electrons. The minimum absolute atomic E-state index is 0.366. The van der Waals surface area contributed by atoms with Crippen molar-refractivity contribution in [3.05, 3.63) is 24.5 Å². The van der Waals surface area contributed by atoms with Crippen molar-refractivity contribution >= 4 is 0 Å². The van der Waals surface area contributed by atoms with E-state index in [1.807, 2.05) is 6.07 Å². The summed E-state index contributed by atoms with van der Waals surface area (Å²) < 4.78 is 4.95. The van der Waals surface area contributed by atoms with Gasteiger partial charge in [-0.05, 0) is 6.07 Å². The molecule has 0 amide bonds. The fourth-order valence-electron chi connectivity index (χ4n) is 1.05. The van der Waals surface area contributed by atoms with E-state index >= 15 is 0 Å². The molecule has 0 saturated heterocycles. The van der Waals surface area contributed by atoms with Gasteiger partial charge in [-0.1, -0.05) is 5.16 Å². The topological polar surface area (TPSA) is 88.5 Å². The lowest BCUT2D eigenvalue weighted by Gasteiger charge is -1.88. The van der Waals surface area contributed by atoms with Gasteiger partial charge in [0, 0.05) is 19.0 Å². The van der Waals surface area contributed by atoms with Crippen molar-refractivity contribution in [3.8, 4) is 17.6 Å². The molecule has 2 aromatic rings. The molecule has 2 heterocycles. The molecule has 0 atom stereocenters. The smallest absolute Gasteiger partial charge is 0.228 e. The summed E-state index contributed by atoms with van der Waals surface area (Å²) in [7, 11) is 0. The molecule has 0 saturated carbocycles. The Morgan fingerprint density at radius 3 is 3.13 bits per heavy atom. The number of nitrogens with zero attached hydrogens (tertiary/aromatic N) is 5. The van der Waals surface area contributed by atoms with Gasteiger partial charge in [0.2, 0.25) is 11.7 Å². The van der Waals surface area contributed by atoms with Crippen LogP contribution in [0.2, 0.25) is 0 Å². The van der Waals surface area contributed by atoms with E-state index < -0.39 is 0 Å². The summed E-state index contributed by atoms with van der Waals surface area (Å²) in [5.74, 6) is 0.871. The summed E-state index contributed by atoms with van der Waals surface area (Å²) in [5.41, 5.74) is 0.608. The normalized spacial score (nSPS) is 9.80. The van der Waals surface area contributed by atoms with Crippen LogP contribution in [-0.2, 0) is 6.42 Å². The maximum absolute atomic E-state index is 8.39. The van der Waals surface area contributed by atoms with Gasteiger partial charge in [-0.2, -0.15) is 10.2 Å². The second-order valence-corrected chi connectivity index (χ2v) is 2.76. The first kappa shape index (κ1) is 9.27. The molecule has 6 heteroatoms. The Morgan fingerprint density at radius 1 is 1.47 bits per heavy atom. The standard InChI is InChI=1S/C9H7N5O/c10-4-1-2-8-13-9(14-15-8)7-3-5-11-6-12-7/h3,5-6H,1-2H2. The Morgan fingerprint density at radius 2 is 2.40 bits per heavy atom. The monoisotopic (exact) mass is 201 g/mol. The third-order valence-electron chi connectivity index (χ3n) is 1.73. The van der Waals surface area contributed by atoms with Gasteiger partial charge in [0.05, 0.1) is 6.07 Å². The van der Waals surface area contributed by atoms with Gasteiger partial charge in [-0.25, -0.2) is 9.97 Å². The van der Waals surface area contributed by atoms with Crippen LogP contribution in [0.4, 0.5) is 0 Å². The predicted molar refractivity (Wildman–Crippen MR) is 49.3 cm³/mol. The molecule has 0 unspecified atom stereocenters. The van der Waals surface area contributed by atoms with Gasteiger partial charge in [0.1, 0.15) is 12.0 Å². The summed E-state index contributed by atoms with van der Waals surface area (Å²) >= 11 is 0. The highest BCUT2D eigenvalue weighted by atomic mass is 16.5. The Hall–Kier alpha value is -2.29. The van der Waals surface area contributed by atoms with E-state index in [-0.39, 0.29) is 0 Å². The van der Waals surface area contributed by atoms with Gasteiger partial charge in [0.25, 0.3) is 0 Å². The van der Waals surface area contributed by atoms with E-state index in [1.54, 1.807) is 12.3 Å². The number of rotatable bonds is 3. The minimum Gasteiger partial charge on any atom is -0.339 e. The van der Waals surface area contributed by atoms with Crippen molar-refractivity contribution < 1.29 is 4.52 Å². The minimum atomic E-state index is 0.366. The molecule has 0 aliphatic rings. The molecule has 0 aliphatic heterocycles. The van der Waals surface area contributed by atoms with E-state index in [9.17, 15) is 0 Å². The van der Waals surface area contributed by atoms with Crippen molar-refractivity contribution in [3.63, 3.8) is 0 Å². The molecule has 0 bridgehead atoms. The quantitative estimate of drug-likeness (QED) is 0.735. The summed E-state index contributed by atoms with van der Waals surface area (Å²) in [4.78, 5) is 11.9. The second kappa shape index (κ2) is 4.28. The van der Waals surface area contributed by atoms with E-state index in [4.69, 9.17) is 9.78 Å². The van der Waals surface area contributed by atoms with Crippen molar-refractivity contribution in [2.75, 3.05) is 0 Å². The molecule has 15 heavy (non-hydrogen) atoms. The number of aryl methyl sites for hydroxylation is 1. The first-order valence-corrected chi connectivity index (χ1v) is 4.36. The van der Waals surface area contributed by atoms with E-state index in [2.05, 4.69) is 20.1 Å². The molecule has 0 fully saturated rings. The van der Waals surface area contributed by atoms with Crippen LogP contribution in [0.5, 0.6) is 0 Å². The lowest BCUT2D eigenvalue weighted by atomic mass is 10.3. The highest BCUT2D eigenvalue weighted by molar-refractivity contribution is 5.46. The van der Waals surface area contributed by atoms with Gasteiger partial charge in [0.15, 0.2) is 0 Å². The van der Waals surface area contributed by atoms with Crippen molar-refractivity contribution in [2.45, 2.75) is 12.8 Å². The van der Waals surface area contributed by atoms with Gasteiger partial charge < -0.3 is 4.52 Å². The van der Waals surface area contributed by atoms with Crippen molar-refractivity contribution in [1.82, 2.24) is 20.1 Å². The Balaban J connectivity index is 2.18. The zero-order valence-electron chi connectivity index (χ0n) is 7.79.